The van der Waals surface area contributed by atoms with E-state index in [2.05, 4.69) is 133 Å². The number of imidazole rings is 2. The second-order valence-corrected chi connectivity index (χ2v) is 18.1. The summed E-state index contributed by atoms with van der Waals surface area (Å²) in [4.78, 5) is 14.9. The number of nitrogens with zero attached hydrogens (tertiary/aromatic N) is 6. The van der Waals surface area contributed by atoms with Gasteiger partial charge in [0, 0.05) is 37.3 Å². The number of aromatic nitrogens is 7. The molecule has 0 fully saturated rings. The first-order valence-electron chi connectivity index (χ1n) is 21.5. The molecule has 3 aromatic heterocycles. The number of aromatic amines is 1. The fourth-order valence-electron chi connectivity index (χ4n) is 7.58. The Labute approximate surface area is 333 Å². The summed E-state index contributed by atoms with van der Waals surface area (Å²) in [5, 5.41) is 8.07. The summed E-state index contributed by atoms with van der Waals surface area (Å²) in [6.07, 6.45) is 19.4. The van der Waals surface area contributed by atoms with Crippen LogP contribution in [0.5, 0.6) is 0 Å². The predicted molar refractivity (Wildman–Crippen MR) is 229 cm³/mol. The van der Waals surface area contributed by atoms with Gasteiger partial charge in [-0.05, 0) is 95.6 Å². The van der Waals surface area contributed by atoms with Gasteiger partial charge in [0.15, 0.2) is 5.82 Å². The number of hydrogen-bond donors (Lipinski definition) is 1. The minimum absolute atomic E-state index is 0.0293. The monoisotopic (exact) mass is 746 g/mol. The summed E-state index contributed by atoms with van der Waals surface area (Å²) < 4.78 is 4.81. The van der Waals surface area contributed by atoms with E-state index >= 15 is 0 Å². The Balaban J connectivity index is 1.38. The Morgan fingerprint density at radius 2 is 0.945 bits per heavy atom. The van der Waals surface area contributed by atoms with Crippen LogP contribution in [0.4, 0.5) is 0 Å². The molecule has 0 aliphatic carbocycles. The van der Waals surface area contributed by atoms with E-state index in [1.54, 1.807) is 0 Å². The van der Waals surface area contributed by atoms with Gasteiger partial charge in [-0.1, -0.05) is 131 Å². The highest BCUT2D eigenvalue weighted by Crippen LogP contribution is 2.29. The van der Waals surface area contributed by atoms with E-state index in [4.69, 9.17) is 20.1 Å². The lowest BCUT2D eigenvalue weighted by atomic mass is 9.84. The van der Waals surface area contributed by atoms with Gasteiger partial charge in [-0.3, -0.25) is 5.10 Å². The van der Waals surface area contributed by atoms with Crippen molar-refractivity contribution in [1.82, 2.24) is 34.3 Å². The average molecular weight is 746 g/mol. The molecule has 0 unspecified atom stereocenters. The third-order valence-corrected chi connectivity index (χ3v) is 11.0. The summed E-state index contributed by atoms with van der Waals surface area (Å²) >= 11 is 0. The molecule has 0 saturated carbocycles. The van der Waals surface area contributed by atoms with Crippen LogP contribution < -0.4 is 0 Å². The summed E-state index contributed by atoms with van der Waals surface area (Å²) in [6.45, 7) is 24.6. The van der Waals surface area contributed by atoms with Crippen LogP contribution in [-0.4, -0.2) is 34.3 Å². The molecule has 7 heteroatoms. The van der Waals surface area contributed by atoms with Crippen molar-refractivity contribution < 1.29 is 0 Å². The van der Waals surface area contributed by atoms with E-state index in [1.807, 2.05) is 0 Å². The van der Waals surface area contributed by atoms with Gasteiger partial charge in [-0.25, -0.2) is 15.0 Å². The molecule has 298 valence electrons. The molecular weight excluding hydrogens is 675 g/mol. The number of hydrogen-bond acceptors (Lipinski definition) is 4. The number of rotatable bonds is 20. The molecule has 7 nitrogen and oxygen atoms in total. The molecule has 3 heterocycles. The maximum Gasteiger partial charge on any atom is 0.155 e. The Hall–Kier alpha value is -4.00. The van der Waals surface area contributed by atoms with Gasteiger partial charge in [-0.15, -0.1) is 0 Å². The van der Waals surface area contributed by atoms with Crippen molar-refractivity contribution in [2.75, 3.05) is 0 Å². The number of unbranched alkanes of at least 4 members (excludes halogenated alkanes) is 4. The zero-order chi connectivity index (χ0) is 39.6. The summed E-state index contributed by atoms with van der Waals surface area (Å²) in [5.74, 6) is 1.75. The van der Waals surface area contributed by atoms with Crippen LogP contribution in [0.2, 0.25) is 0 Å². The molecule has 55 heavy (non-hydrogen) atoms. The van der Waals surface area contributed by atoms with Crippen molar-refractivity contribution in [2.24, 2.45) is 0 Å². The Bertz CT molecular complexity index is 1800. The smallest absolute Gasteiger partial charge is 0.155 e. The van der Waals surface area contributed by atoms with Gasteiger partial charge in [0.2, 0.25) is 0 Å². The lowest BCUT2D eigenvalue weighted by Crippen LogP contribution is -2.14. The molecule has 5 aromatic rings. The lowest BCUT2D eigenvalue weighted by Gasteiger charge is -2.22. The molecule has 0 aliphatic rings. The number of benzene rings is 2. The van der Waals surface area contributed by atoms with E-state index in [0.29, 0.717) is 12.8 Å². The molecular formula is C48H71N7. The molecule has 0 bridgehead atoms. The third kappa shape index (κ3) is 11.8. The van der Waals surface area contributed by atoms with Gasteiger partial charge < -0.3 is 9.13 Å². The maximum absolute atomic E-state index is 5.07. The topological polar surface area (TPSA) is 77.2 Å². The number of aryl methyl sites for hydroxylation is 2. The molecule has 0 spiro atoms. The SMILES string of the molecule is CCCCc1ncn(Cc2cc(Cc3n[nH]c(Cc4cc(Cn5cnc(CCCC)c5CCCC)cc(C(C)(C)C)c4)n3)cc(C(C)(C)C)c2)c1CCCC. The molecule has 5 rings (SSSR count). The van der Waals surface area contributed by atoms with Crippen molar-refractivity contribution in [3.8, 4) is 0 Å². The first-order valence-corrected chi connectivity index (χ1v) is 21.5. The first-order chi connectivity index (χ1) is 26.3. The minimum Gasteiger partial charge on any atom is -0.330 e. The van der Waals surface area contributed by atoms with Crippen molar-refractivity contribution >= 4 is 0 Å². The van der Waals surface area contributed by atoms with Crippen molar-refractivity contribution in [3.63, 3.8) is 0 Å². The van der Waals surface area contributed by atoms with Crippen LogP contribution in [0.1, 0.15) is 188 Å². The van der Waals surface area contributed by atoms with Crippen molar-refractivity contribution in [1.29, 1.82) is 0 Å². The molecule has 0 atom stereocenters. The quantitative estimate of drug-likeness (QED) is 0.0860. The fraction of sp³-hybridized carbons (Fsp3) is 0.583. The van der Waals surface area contributed by atoms with Gasteiger partial charge in [0.05, 0.1) is 24.0 Å². The Kier molecular flexibility index (Phi) is 14.7. The first kappa shape index (κ1) is 42.1. The predicted octanol–water partition coefficient (Wildman–Crippen LogP) is 11.4. The van der Waals surface area contributed by atoms with Crippen molar-refractivity contribution in [3.05, 3.63) is 117 Å². The maximum atomic E-state index is 5.07. The normalized spacial score (nSPS) is 12.3. The summed E-state index contributed by atoms with van der Waals surface area (Å²) in [6, 6.07) is 14.2. The van der Waals surface area contributed by atoms with E-state index in [1.165, 1.54) is 108 Å². The number of nitrogens with one attached hydrogen (secondary N) is 1. The summed E-state index contributed by atoms with van der Waals surface area (Å²) in [7, 11) is 0. The highest BCUT2D eigenvalue weighted by molar-refractivity contribution is 5.38. The van der Waals surface area contributed by atoms with Crippen LogP contribution in [0.25, 0.3) is 0 Å². The molecule has 2 aromatic carbocycles. The molecule has 0 amide bonds. The lowest BCUT2D eigenvalue weighted by molar-refractivity contribution is 0.587. The molecule has 1 N–H and O–H groups in total. The van der Waals surface area contributed by atoms with Gasteiger partial charge in [0.25, 0.3) is 0 Å². The van der Waals surface area contributed by atoms with Gasteiger partial charge in [0.1, 0.15) is 5.82 Å². The Morgan fingerprint density at radius 3 is 1.38 bits per heavy atom. The minimum atomic E-state index is 0.0293. The second-order valence-electron chi connectivity index (χ2n) is 18.1. The van der Waals surface area contributed by atoms with Crippen LogP contribution in [-0.2, 0) is 62.4 Å². The molecule has 0 saturated heterocycles. The third-order valence-electron chi connectivity index (χ3n) is 11.0. The fourth-order valence-corrected chi connectivity index (χ4v) is 7.58. The number of H-pyrrole nitrogens is 1. The van der Waals surface area contributed by atoms with Crippen LogP contribution in [0.3, 0.4) is 0 Å². The average Bonchev–Trinajstić information content (AvgIpc) is 3.85. The van der Waals surface area contributed by atoms with Crippen molar-refractivity contribution in [2.45, 2.75) is 183 Å². The summed E-state index contributed by atoms with van der Waals surface area (Å²) in [5.41, 5.74) is 13.3. The van der Waals surface area contributed by atoms with Crippen LogP contribution in [0, 0.1) is 0 Å². The van der Waals surface area contributed by atoms with E-state index < -0.39 is 0 Å². The largest absolute Gasteiger partial charge is 0.330 e. The highest BCUT2D eigenvalue weighted by atomic mass is 15.2. The van der Waals surface area contributed by atoms with Crippen LogP contribution in [0.15, 0.2) is 49.1 Å². The second kappa shape index (κ2) is 19.2. The van der Waals surface area contributed by atoms with Gasteiger partial charge in [-0.2, -0.15) is 5.10 Å². The van der Waals surface area contributed by atoms with E-state index in [0.717, 1.165) is 50.4 Å². The zero-order valence-corrected chi connectivity index (χ0v) is 36.1. The van der Waals surface area contributed by atoms with Crippen LogP contribution >= 0.6 is 0 Å². The van der Waals surface area contributed by atoms with Gasteiger partial charge >= 0.3 is 0 Å². The molecule has 0 radical (unpaired) electrons. The Morgan fingerprint density at radius 1 is 0.527 bits per heavy atom. The standard InChI is InChI=1S/C48H71N7/c1-11-15-19-41-43(21-17-13-3)54(33-49-41)31-37-23-35(25-39(27-37)47(5,6)7)29-45-51-46(53-52-45)30-36-24-38(28-40(26-36)48(8,9)10)32-55-34-50-42(20-16-12-2)44(55)22-18-14-4/h23-28,33-34H,11-22,29-32H2,1-10H3,(H,51,52,53). The highest BCUT2D eigenvalue weighted by Gasteiger charge is 2.20. The molecule has 0 aliphatic heterocycles. The van der Waals surface area contributed by atoms with E-state index in [9.17, 15) is 0 Å². The zero-order valence-electron chi connectivity index (χ0n) is 36.1. The van der Waals surface area contributed by atoms with E-state index in [-0.39, 0.29) is 10.8 Å².